The van der Waals surface area contributed by atoms with Crippen molar-refractivity contribution in [1.29, 1.82) is 0 Å². The Morgan fingerprint density at radius 2 is 2.13 bits per heavy atom. The Morgan fingerprint density at radius 3 is 2.67 bits per heavy atom. The third kappa shape index (κ3) is 4.49. The first-order chi connectivity index (χ1) is 7.20. The fraction of sp³-hybridized carbons (Fsp3) is 0.667. The average molecular weight is 240 g/mol. The molecule has 0 aliphatic carbocycles. The Labute approximate surface area is 97.4 Å². The third-order valence-corrected chi connectivity index (χ3v) is 9.50. The summed E-state index contributed by atoms with van der Waals surface area (Å²) in [6, 6.07) is 2.75. The number of hydrogen-bond acceptors (Lipinski definition) is 1. The molecule has 0 N–H and O–H groups in total. The van der Waals surface area contributed by atoms with E-state index in [0.717, 1.165) is 6.61 Å². The molecule has 0 spiro atoms. The number of rotatable bonds is 6. The largest absolute Gasteiger partial charge is 0.382 e. The first-order valence-corrected chi connectivity index (χ1v) is 10.8. The maximum absolute atomic E-state index is 5.79. The lowest BCUT2D eigenvalue weighted by Crippen LogP contribution is -2.29. The van der Waals surface area contributed by atoms with Crippen LogP contribution in [-0.4, -0.2) is 29.9 Å². The fourth-order valence-corrected chi connectivity index (χ4v) is 7.84. The van der Waals surface area contributed by atoms with Crippen LogP contribution < -0.4 is 0 Å². The molecule has 1 atom stereocenters. The zero-order chi connectivity index (χ0) is 11.1. The molecule has 0 radical (unpaired) electrons. The van der Waals surface area contributed by atoms with Gasteiger partial charge in [-0.25, -0.2) is 0 Å². The first-order valence-electron chi connectivity index (χ1n) is 6.09. The first kappa shape index (κ1) is 12.9. The summed E-state index contributed by atoms with van der Waals surface area (Å²) in [7, 11) is -1.29. The molecule has 1 rings (SSSR count). The number of hydrogen-bond donors (Lipinski definition) is 0. The highest BCUT2D eigenvalue weighted by atomic mass is 28.3. The summed E-state index contributed by atoms with van der Waals surface area (Å²) in [6.45, 7) is 11.2. The van der Waals surface area contributed by atoms with Gasteiger partial charge in [0, 0.05) is 12.3 Å². The van der Waals surface area contributed by atoms with Gasteiger partial charge < -0.3 is 4.74 Å². The molecule has 1 nitrogen and oxygen atoms in total. The SMILES string of the molecule is C=C[Si](C)(C=C)CC[SiH2]C1CCCCO1. The van der Waals surface area contributed by atoms with E-state index >= 15 is 0 Å². The lowest BCUT2D eigenvalue weighted by molar-refractivity contribution is 0.0651. The van der Waals surface area contributed by atoms with Crippen LogP contribution in [0.1, 0.15) is 19.3 Å². The second kappa shape index (κ2) is 6.45. The molecule has 3 heteroatoms. The van der Waals surface area contributed by atoms with Crippen LogP contribution in [0, 0.1) is 0 Å². The molecule has 1 fully saturated rings. The minimum atomic E-state index is -1.27. The zero-order valence-electron chi connectivity index (χ0n) is 10.0. The lowest BCUT2D eigenvalue weighted by atomic mass is 10.2. The summed E-state index contributed by atoms with van der Waals surface area (Å²) >= 11 is 0. The Balaban J connectivity index is 2.19. The van der Waals surface area contributed by atoms with Gasteiger partial charge in [0.05, 0.1) is 17.6 Å². The summed E-state index contributed by atoms with van der Waals surface area (Å²) in [5.41, 5.74) is 5.00. The van der Waals surface area contributed by atoms with Crippen molar-refractivity contribution in [2.24, 2.45) is 0 Å². The van der Waals surface area contributed by atoms with Gasteiger partial charge >= 0.3 is 0 Å². The van der Waals surface area contributed by atoms with Crippen molar-refractivity contribution in [3.63, 3.8) is 0 Å². The van der Waals surface area contributed by atoms with Gasteiger partial charge in [0.15, 0.2) is 0 Å². The van der Waals surface area contributed by atoms with Crippen LogP contribution >= 0.6 is 0 Å². The second-order valence-electron chi connectivity index (χ2n) is 4.79. The summed E-state index contributed by atoms with van der Waals surface area (Å²) in [5.74, 6) is 0. The summed E-state index contributed by atoms with van der Waals surface area (Å²) in [6.07, 6.45) is 3.98. The number of ether oxygens (including phenoxy) is 1. The van der Waals surface area contributed by atoms with Crippen molar-refractivity contribution in [3.05, 3.63) is 24.6 Å². The molecular weight excluding hydrogens is 216 g/mol. The molecule has 0 aromatic heterocycles. The van der Waals surface area contributed by atoms with Crippen molar-refractivity contribution < 1.29 is 4.74 Å². The van der Waals surface area contributed by atoms with Gasteiger partial charge in [-0.15, -0.1) is 13.2 Å². The van der Waals surface area contributed by atoms with Gasteiger partial charge in [0.1, 0.15) is 0 Å². The van der Waals surface area contributed by atoms with Crippen LogP contribution in [0.5, 0.6) is 0 Å². The Bertz CT molecular complexity index is 202. The Morgan fingerprint density at radius 1 is 1.40 bits per heavy atom. The van der Waals surface area contributed by atoms with Crippen LogP contribution in [-0.2, 0) is 4.74 Å². The third-order valence-electron chi connectivity index (χ3n) is 3.45. The average Bonchev–Trinajstić information content (AvgIpc) is 2.30. The molecule has 1 heterocycles. The fourth-order valence-electron chi connectivity index (χ4n) is 2.03. The van der Waals surface area contributed by atoms with E-state index in [1.165, 1.54) is 31.4 Å². The molecule has 1 saturated heterocycles. The van der Waals surface area contributed by atoms with E-state index in [1.807, 2.05) is 0 Å². The molecule has 0 aromatic carbocycles. The predicted molar refractivity (Wildman–Crippen MR) is 73.8 cm³/mol. The van der Waals surface area contributed by atoms with Crippen LogP contribution in [0.3, 0.4) is 0 Å². The van der Waals surface area contributed by atoms with Crippen molar-refractivity contribution in [1.82, 2.24) is 0 Å². The van der Waals surface area contributed by atoms with E-state index in [4.69, 9.17) is 4.74 Å². The van der Waals surface area contributed by atoms with E-state index < -0.39 is 8.07 Å². The van der Waals surface area contributed by atoms with Crippen LogP contribution in [0.2, 0.25) is 18.6 Å². The zero-order valence-corrected chi connectivity index (χ0v) is 12.4. The summed E-state index contributed by atoms with van der Waals surface area (Å²) in [4.78, 5) is 0. The summed E-state index contributed by atoms with van der Waals surface area (Å²) in [5, 5.41) is 0. The Kier molecular flexibility index (Phi) is 5.57. The van der Waals surface area contributed by atoms with E-state index in [2.05, 4.69) is 31.1 Å². The predicted octanol–water partition coefficient (Wildman–Crippen LogP) is 2.63. The van der Waals surface area contributed by atoms with E-state index in [-0.39, 0.29) is 9.52 Å². The van der Waals surface area contributed by atoms with Gasteiger partial charge in [-0.3, -0.25) is 0 Å². The molecule has 1 unspecified atom stereocenters. The molecule has 0 aromatic rings. The topological polar surface area (TPSA) is 9.23 Å². The van der Waals surface area contributed by atoms with Crippen molar-refractivity contribution in [2.45, 2.75) is 43.6 Å². The molecule has 0 amide bonds. The van der Waals surface area contributed by atoms with Crippen LogP contribution in [0.25, 0.3) is 0 Å². The quantitative estimate of drug-likeness (QED) is 0.649. The smallest absolute Gasteiger partial charge is 0.0970 e. The van der Waals surface area contributed by atoms with Crippen molar-refractivity contribution >= 4 is 17.6 Å². The van der Waals surface area contributed by atoms with Crippen LogP contribution in [0.15, 0.2) is 24.6 Å². The molecule has 0 saturated carbocycles. The van der Waals surface area contributed by atoms with Gasteiger partial charge in [0.25, 0.3) is 0 Å². The van der Waals surface area contributed by atoms with Gasteiger partial charge in [-0.05, 0) is 19.3 Å². The molecule has 0 bridgehead atoms. The maximum Gasteiger partial charge on any atom is 0.0970 e. The highest BCUT2D eigenvalue weighted by Crippen LogP contribution is 2.18. The Hall–Kier alpha value is -0.126. The van der Waals surface area contributed by atoms with Crippen molar-refractivity contribution in [3.8, 4) is 0 Å². The van der Waals surface area contributed by atoms with Crippen LogP contribution in [0.4, 0.5) is 0 Å². The van der Waals surface area contributed by atoms with Gasteiger partial charge in [0.2, 0.25) is 0 Å². The standard InChI is InChI=1S/C12H24OSi2/c1-4-15(3,5-2)11-10-14-12-8-6-7-9-13-12/h4-5,12H,1-2,6-11,14H2,3H3. The minimum Gasteiger partial charge on any atom is -0.382 e. The molecule has 1 aliphatic rings. The highest BCUT2D eigenvalue weighted by molar-refractivity contribution is 6.88. The maximum atomic E-state index is 5.79. The second-order valence-corrected chi connectivity index (χ2v) is 11.3. The molecule has 1 aliphatic heterocycles. The summed E-state index contributed by atoms with van der Waals surface area (Å²) < 4.78 is 5.79. The highest BCUT2D eigenvalue weighted by Gasteiger charge is 2.20. The van der Waals surface area contributed by atoms with E-state index in [1.54, 1.807) is 0 Å². The monoisotopic (exact) mass is 240 g/mol. The normalized spacial score (nSPS) is 23.1. The van der Waals surface area contributed by atoms with Crippen molar-refractivity contribution in [2.75, 3.05) is 6.61 Å². The van der Waals surface area contributed by atoms with Gasteiger partial charge in [-0.2, -0.15) is 0 Å². The minimum absolute atomic E-state index is 0.0160. The molecular formula is C12H24OSi2. The molecule has 86 valence electrons. The molecule has 15 heavy (non-hydrogen) atoms. The van der Waals surface area contributed by atoms with E-state index in [0.29, 0.717) is 5.73 Å². The van der Waals surface area contributed by atoms with E-state index in [9.17, 15) is 0 Å². The van der Waals surface area contributed by atoms with Gasteiger partial charge in [-0.1, -0.05) is 30.0 Å². The lowest BCUT2D eigenvalue weighted by Gasteiger charge is -2.24.